The summed E-state index contributed by atoms with van der Waals surface area (Å²) in [4.78, 5) is 2.36. The van der Waals surface area contributed by atoms with Gasteiger partial charge in [0, 0.05) is 19.6 Å². The molecule has 0 aromatic rings. The van der Waals surface area contributed by atoms with Crippen LogP contribution in [0.25, 0.3) is 0 Å². The fourth-order valence-corrected chi connectivity index (χ4v) is 1.57. The van der Waals surface area contributed by atoms with E-state index < -0.39 is 0 Å². The van der Waals surface area contributed by atoms with Crippen LogP contribution in [0, 0.1) is 5.92 Å². The van der Waals surface area contributed by atoms with E-state index in [-0.39, 0.29) is 12.7 Å². The molecule has 3 heteroatoms. The van der Waals surface area contributed by atoms with Crippen LogP contribution < -0.4 is 0 Å². The Morgan fingerprint density at radius 3 is 2.92 bits per heavy atom. The van der Waals surface area contributed by atoms with E-state index in [2.05, 4.69) is 18.7 Å². The van der Waals surface area contributed by atoms with E-state index >= 15 is 0 Å². The summed E-state index contributed by atoms with van der Waals surface area (Å²) in [5, 5.41) is 8.89. The van der Waals surface area contributed by atoms with Gasteiger partial charge in [0.15, 0.2) is 0 Å². The minimum atomic E-state index is 0.0394. The van der Waals surface area contributed by atoms with E-state index in [4.69, 9.17) is 9.84 Å². The van der Waals surface area contributed by atoms with Crippen molar-refractivity contribution in [2.24, 2.45) is 5.92 Å². The molecular weight excluding hydrogens is 154 g/mol. The number of hydrogen-bond acceptors (Lipinski definition) is 3. The second kappa shape index (κ2) is 4.80. The highest BCUT2D eigenvalue weighted by atomic mass is 16.5. The summed E-state index contributed by atoms with van der Waals surface area (Å²) in [5.41, 5.74) is 0. The zero-order chi connectivity index (χ0) is 8.97. The predicted octanol–water partition coefficient (Wildman–Crippen LogP) is 0.336. The maximum absolute atomic E-state index is 8.89. The Bertz CT molecular complexity index is 128. The molecule has 1 fully saturated rings. The Morgan fingerprint density at radius 1 is 1.58 bits per heavy atom. The molecule has 12 heavy (non-hydrogen) atoms. The molecule has 1 N–H and O–H groups in total. The van der Waals surface area contributed by atoms with E-state index in [0.29, 0.717) is 5.92 Å². The number of morpholine rings is 1. The van der Waals surface area contributed by atoms with Gasteiger partial charge in [-0.05, 0) is 5.92 Å². The third kappa shape index (κ3) is 3.09. The van der Waals surface area contributed by atoms with Crippen LogP contribution in [0.5, 0.6) is 0 Å². The Labute approximate surface area is 74.3 Å². The fraction of sp³-hybridized carbons (Fsp3) is 1.00. The van der Waals surface area contributed by atoms with Crippen molar-refractivity contribution in [3.05, 3.63) is 0 Å². The number of nitrogens with zero attached hydrogens (tertiary/aromatic N) is 1. The molecule has 3 nitrogen and oxygen atoms in total. The summed E-state index contributed by atoms with van der Waals surface area (Å²) in [6.45, 7) is 8.34. The van der Waals surface area contributed by atoms with Gasteiger partial charge in [0.05, 0.1) is 19.3 Å². The maximum Gasteiger partial charge on any atom is 0.0932 e. The molecule has 1 aliphatic heterocycles. The first-order valence-electron chi connectivity index (χ1n) is 4.67. The maximum atomic E-state index is 8.89. The highest BCUT2D eigenvalue weighted by Gasteiger charge is 2.19. The van der Waals surface area contributed by atoms with Crippen molar-refractivity contribution >= 4 is 0 Å². The van der Waals surface area contributed by atoms with Crippen LogP contribution in [0.3, 0.4) is 0 Å². The number of aliphatic hydroxyl groups excluding tert-OH is 1. The van der Waals surface area contributed by atoms with Gasteiger partial charge in [0.2, 0.25) is 0 Å². The third-order valence-electron chi connectivity index (χ3n) is 2.05. The van der Waals surface area contributed by atoms with Crippen molar-refractivity contribution in [3.63, 3.8) is 0 Å². The standard InChI is InChI=1S/C9H19NO2/c1-8(2)5-10-3-4-12-9(6-10)7-11/h8-9,11H,3-7H2,1-2H3/t9-/m1/s1. The lowest BCUT2D eigenvalue weighted by atomic mass is 10.2. The summed E-state index contributed by atoms with van der Waals surface area (Å²) >= 11 is 0. The smallest absolute Gasteiger partial charge is 0.0932 e. The first-order valence-corrected chi connectivity index (χ1v) is 4.67. The number of rotatable bonds is 3. The lowest BCUT2D eigenvalue weighted by Crippen LogP contribution is -2.45. The second-order valence-corrected chi connectivity index (χ2v) is 3.83. The Hall–Kier alpha value is -0.120. The van der Waals surface area contributed by atoms with Gasteiger partial charge in [-0.1, -0.05) is 13.8 Å². The molecule has 0 bridgehead atoms. The second-order valence-electron chi connectivity index (χ2n) is 3.83. The first-order chi connectivity index (χ1) is 5.72. The van der Waals surface area contributed by atoms with Crippen LogP contribution in [0.2, 0.25) is 0 Å². The molecule has 1 atom stereocenters. The lowest BCUT2D eigenvalue weighted by molar-refractivity contribution is -0.0551. The molecule has 0 spiro atoms. The van der Waals surface area contributed by atoms with Gasteiger partial charge in [-0.3, -0.25) is 4.90 Å². The van der Waals surface area contributed by atoms with E-state index in [9.17, 15) is 0 Å². The van der Waals surface area contributed by atoms with Crippen molar-refractivity contribution in [3.8, 4) is 0 Å². The average molecular weight is 173 g/mol. The average Bonchev–Trinajstić information content (AvgIpc) is 2.03. The van der Waals surface area contributed by atoms with Crippen LogP contribution in [-0.2, 0) is 4.74 Å². The summed E-state index contributed by atoms with van der Waals surface area (Å²) in [6, 6.07) is 0. The van der Waals surface area contributed by atoms with E-state index in [0.717, 1.165) is 26.2 Å². The van der Waals surface area contributed by atoms with E-state index in [1.165, 1.54) is 0 Å². The minimum Gasteiger partial charge on any atom is -0.394 e. The largest absolute Gasteiger partial charge is 0.394 e. The molecule has 0 aromatic carbocycles. The molecule has 0 radical (unpaired) electrons. The van der Waals surface area contributed by atoms with Gasteiger partial charge in [0.25, 0.3) is 0 Å². The molecule has 0 aliphatic carbocycles. The quantitative estimate of drug-likeness (QED) is 0.668. The topological polar surface area (TPSA) is 32.7 Å². The van der Waals surface area contributed by atoms with Gasteiger partial charge in [-0.15, -0.1) is 0 Å². The molecule has 0 unspecified atom stereocenters. The third-order valence-corrected chi connectivity index (χ3v) is 2.05. The Balaban J connectivity index is 2.25. The SMILES string of the molecule is CC(C)CN1CCO[C@@H](CO)C1. The van der Waals surface area contributed by atoms with Crippen molar-refractivity contribution in [1.29, 1.82) is 0 Å². The lowest BCUT2D eigenvalue weighted by Gasteiger charge is -2.32. The van der Waals surface area contributed by atoms with E-state index in [1.54, 1.807) is 0 Å². The van der Waals surface area contributed by atoms with Crippen LogP contribution in [0.4, 0.5) is 0 Å². The van der Waals surface area contributed by atoms with Crippen LogP contribution in [0.15, 0.2) is 0 Å². The van der Waals surface area contributed by atoms with Crippen molar-refractivity contribution in [2.75, 3.05) is 32.8 Å². The molecule has 0 amide bonds. The van der Waals surface area contributed by atoms with Crippen LogP contribution in [0.1, 0.15) is 13.8 Å². The van der Waals surface area contributed by atoms with Crippen molar-refractivity contribution < 1.29 is 9.84 Å². The van der Waals surface area contributed by atoms with Crippen molar-refractivity contribution in [2.45, 2.75) is 20.0 Å². The van der Waals surface area contributed by atoms with Gasteiger partial charge in [-0.2, -0.15) is 0 Å². The summed E-state index contributed by atoms with van der Waals surface area (Å²) in [6.07, 6.45) is 0.0394. The molecule has 1 rings (SSSR count). The summed E-state index contributed by atoms with van der Waals surface area (Å²) in [5.74, 6) is 0.697. The molecular formula is C9H19NO2. The van der Waals surface area contributed by atoms with Crippen LogP contribution in [-0.4, -0.2) is 49.0 Å². The van der Waals surface area contributed by atoms with Gasteiger partial charge in [-0.25, -0.2) is 0 Å². The summed E-state index contributed by atoms with van der Waals surface area (Å²) < 4.78 is 5.35. The monoisotopic (exact) mass is 173 g/mol. The van der Waals surface area contributed by atoms with E-state index in [1.807, 2.05) is 0 Å². The highest BCUT2D eigenvalue weighted by molar-refractivity contribution is 4.71. The zero-order valence-corrected chi connectivity index (χ0v) is 7.99. The Morgan fingerprint density at radius 2 is 2.33 bits per heavy atom. The van der Waals surface area contributed by atoms with Crippen LogP contribution >= 0.6 is 0 Å². The molecule has 0 aromatic heterocycles. The summed E-state index contributed by atoms with van der Waals surface area (Å²) in [7, 11) is 0. The first kappa shape index (κ1) is 9.96. The van der Waals surface area contributed by atoms with Gasteiger partial charge < -0.3 is 9.84 Å². The number of hydrogen-bond donors (Lipinski definition) is 1. The fourth-order valence-electron chi connectivity index (χ4n) is 1.57. The molecule has 1 heterocycles. The minimum absolute atomic E-state index is 0.0394. The predicted molar refractivity (Wildman–Crippen MR) is 48.1 cm³/mol. The molecule has 1 aliphatic rings. The molecule has 1 saturated heterocycles. The van der Waals surface area contributed by atoms with Gasteiger partial charge >= 0.3 is 0 Å². The zero-order valence-electron chi connectivity index (χ0n) is 7.99. The molecule has 72 valence electrons. The van der Waals surface area contributed by atoms with Gasteiger partial charge in [0.1, 0.15) is 0 Å². The number of aliphatic hydroxyl groups is 1. The van der Waals surface area contributed by atoms with Crippen molar-refractivity contribution in [1.82, 2.24) is 4.90 Å². The highest BCUT2D eigenvalue weighted by Crippen LogP contribution is 2.06. The normalized spacial score (nSPS) is 26.5. The number of ether oxygens (including phenoxy) is 1. The Kier molecular flexibility index (Phi) is 3.98. The molecule has 0 saturated carbocycles.